The molecule has 0 bridgehead atoms. The summed E-state index contributed by atoms with van der Waals surface area (Å²) in [5, 5.41) is 0. The lowest BCUT2D eigenvalue weighted by atomic mass is 10.2. The first-order valence-corrected chi connectivity index (χ1v) is 5.33. The minimum Gasteiger partial charge on any atom is -0.345 e. The zero-order valence-corrected chi connectivity index (χ0v) is 9.83. The molecule has 0 saturated carbocycles. The van der Waals surface area contributed by atoms with Gasteiger partial charge in [0.15, 0.2) is 0 Å². The van der Waals surface area contributed by atoms with Crippen molar-refractivity contribution in [1.82, 2.24) is 4.98 Å². The van der Waals surface area contributed by atoms with Crippen molar-refractivity contribution < 1.29 is 13.2 Å². The third kappa shape index (κ3) is 4.22. The summed E-state index contributed by atoms with van der Waals surface area (Å²) in [4.78, 5) is 5.31. The quantitative estimate of drug-likeness (QED) is 0.887. The second-order valence-corrected chi connectivity index (χ2v) is 4.03. The summed E-state index contributed by atoms with van der Waals surface area (Å²) in [5.74, 6) is 0.306. The lowest BCUT2D eigenvalue weighted by Crippen LogP contribution is -2.39. The Morgan fingerprint density at radius 3 is 2.47 bits per heavy atom. The normalized spacial score (nSPS) is 11.9. The first kappa shape index (κ1) is 13.8. The van der Waals surface area contributed by atoms with E-state index in [4.69, 9.17) is 5.73 Å². The van der Waals surface area contributed by atoms with E-state index in [1.54, 1.807) is 32.0 Å². The number of hydrogen-bond donors (Lipinski definition) is 1. The van der Waals surface area contributed by atoms with E-state index in [9.17, 15) is 13.2 Å². The summed E-state index contributed by atoms with van der Waals surface area (Å²) in [6.45, 7) is 2.60. The van der Waals surface area contributed by atoms with Crippen molar-refractivity contribution in [1.29, 1.82) is 0 Å². The number of nitrogens with zero attached hydrogens (tertiary/aromatic N) is 2. The number of nitrogens with two attached hydrogens (primary N) is 1. The molecule has 0 radical (unpaired) electrons. The number of aromatic nitrogens is 1. The molecule has 17 heavy (non-hydrogen) atoms. The van der Waals surface area contributed by atoms with Crippen LogP contribution in [0.1, 0.15) is 19.5 Å². The molecular formula is C11H16F3N3. The first-order valence-electron chi connectivity index (χ1n) is 5.33. The van der Waals surface area contributed by atoms with Crippen molar-refractivity contribution in [3.63, 3.8) is 0 Å². The molecule has 2 N–H and O–H groups in total. The number of pyridine rings is 1. The zero-order chi connectivity index (χ0) is 13.1. The van der Waals surface area contributed by atoms with E-state index in [0.29, 0.717) is 11.5 Å². The Kier molecular flexibility index (Phi) is 4.34. The molecule has 0 atom stereocenters. The van der Waals surface area contributed by atoms with Crippen LogP contribution in [-0.2, 0) is 6.54 Å². The summed E-state index contributed by atoms with van der Waals surface area (Å²) in [7, 11) is 0. The fourth-order valence-corrected chi connectivity index (χ4v) is 1.46. The molecule has 96 valence electrons. The summed E-state index contributed by atoms with van der Waals surface area (Å²) in [5.41, 5.74) is 6.00. The van der Waals surface area contributed by atoms with Crippen LogP contribution >= 0.6 is 0 Å². The average molecular weight is 247 g/mol. The van der Waals surface area contributed by atoms with Crippen LogP contribution in [0.25, 0.3) is 0 Å². The molecule has 0 aliphatic carbocycles. The molecule has 0 aliphatic heterocycles. The van der Waals surface area contributed by atoms with Gasteiger partial charge in [0.2, 0.25) is 0 Å². The molecule has 1 aromatic rings. The molecule has 0 aromatic carbocycles. The molecule has 0 fully saturated rings. The summed E-state index contributed by atoms with van der Waals surface area (Å²) in [6, 6.07) is 4.63. The minimum absolute atomic E-state index is 0.214. The Morgan fingerprint density at radius 2 is 2.00 bits per heavy atom. The fraction of sp³-hybridized carbons (Fsp3) is 0.545. The number of rotatable bonds is 4. The van der Waals surface area contributed by atoms with E-state index >= 15 is 0 Å². The number of alkyl halides is 3. The average Bonchev–Trinajstić information content (AvgIpc) is 2.24. The molecule has 0 amide bonds. The maximum Gasteiger partial charge on any atom is 0.405 e. The van der Waals surface area contributed by atoms with Crippen LogP contribution in [0.3, 0.4) is 0 Å². The van der Waals surface area contributed by atoms with Gasteiger partial charge in [0.1, 0.15) is 12.4 Å². The van der Waals surface area contributed by atoms with E-state index in [2.05, 4.69) is 4.98 Å². The van der Waals surface area contributed by atoms with Crippen molar-refractivity contribution in [2.24, 2.45) is 5.73 Å². The maximum absolute atomic E-state index is 12.4. The van der Waals surface area contributed by atoms with Gasteiger partial charge >= 0.3 is 6.18 Å². The molecule has 0 spiro atoms. The molecule has 1 rings (SSSR count). The zero-order valence-electron chi connectivity index (χ0n) is 9.83. The van der Waals surface area contributed by atoms with Crippen LogP contribution in [0.15, 0.2) is 18.2 Å². The predicted octanol–water partition coefficient (Wildman–Crippen LogP) is 2.32. The molecule has 0 saturated heterocycles. The van der Waals surface area contributed by atoms with E-state index in [1.807, 2.05) is 0 Å². The Balaban J connectivity index is 2.97. The fourth-order valence-electron chi connectivity index (χ4n) is 1.46. The highest BCUT2D eigenvalue weighted by atomic mass is 19.4. The lowest BCUT2D eigenvalue weighted by molar-refractivity contribution is -0.120. The Hall–Kier alpha value is -1.30. The van der Waals surface area contributed by atoms with Gasteiger partial charge in [-0.1, -0.05) is 6.07 Å². The summed E-state index contributed by atoms with van der Waals surface area (Å²) in [6.07, 6.45) is -4.25. The second kappa shape index (κ2) is 5.35. The van der Waals surface area contributed by atoms with Crippen LogP contribution in [0.2, 0.25) is 0 Å². The number of hydrogen-bond acceptors (Lipinski definition) is 3. The van der Waals surface area contributed by atoms with Crippen molar-refractivity contribution in [3.8, 4) is 0 Å². The van der Waals surface area contributed by atoms with Gasteiger partial charge in [-0.15, -0.1) is 0 Å². The maximum atomic E-state index is 12.4. The van der Waals surface area contributed by atoms with Crippen LogP contribution in [0, 0.1) is 0 Å². The van der Waals surface area contributed by atoms with E-state index in [1.165, 1.54) is 4.90 Å². The smallest absolute Gasteiger partial charge is 0.345 e. The topological polar surface area (TPSA) is 42.1 Å². The van der Waals surface area contributed by atoms with Crippen molar-refractivity contribution in [3.05, 3.63) is 23.9 Å². The summed E-state index contributed by atoms with van der Waals surface area (Å²) >= 11 is 0. The first-order chi connectivity index (χ1) is 7.83. The van der Waals surface area contributed by atoms with E-state index in [-0.39, 0.29) is 12.6 Å². The molecule has 0 aliphatic rings. The third-order valence-corrected chi connectivity index (χ3v) is 2.27. The van der Waals surface area contributed by atoms with Crippen LogP contribution < -0.4 is 10.6 Å². The van der Waals surface area contributed by atoms with Crippen LogP contribution in [0.4, 0.5) is 19.0 Å². The molecule has 1 heterocycles. The molecule has 0 unspecified atom stereocenters. The van der Waals surface area contributed by atoms with Gasteiger partial charge in [0.05, 0.1) is 5.69 Å². The SMILES string of the molecule is CC(C)N(CC(F)(F)F)c1cccc(CN)n1. The second-order valence-electron chi connectivity index (χ2n) is 4.03. The van der Waals surface area contributed by atoms with E-state index < -0.39 is 12.7 Å². The molecule has 3 nitrogen and oxygen atoms in total. The minimum atomic E-state index is -4.25. The van der Waals surface area contributed by atoms with Gasteiger partial charge in [0.25, 0.3) is 0 Å². The molecule has 1 aromatic heterocycles. The van der Waals surface area contributed by atoms with Gasteiger partial charge in [-0.25, -0.2) is 4.98 Å². The standard InChI is InChI=1S/C11H16F3N3/c1-8(2)17(7-11(12,13)14)10-5-3-4-9(6-15)16-10/h3-5,8H,6-7,15H2,1-2H3. The van der Waals surface area contributed by atoms with Crippen molar-refractivity contribution in [2.75, 3.05) is 11.4 Å². The van der Waals surface area contributed by atoms with Crippen molar-refractivity contribution in [2.45, 2.75) is 32.6 Å². The van der Waals surface area contributed by atoms with Crippen LogP contribution in [-0.4, -0.2) is 23.7 Å². The van der Waals surface area contributed by atoms with Crippen LogP contribution in [0.5, 0.6) is 0 Å². The van der Waals surface area contributed by atoms with Gasteiger partial charge < -0.3 is 10.6 Å². The molecule has 6 heteroatoms. The highest BCUT2D eigenvalue weighted by Crippen LogP contribution is 2.22. The number of halogens is 3. The van der Waals surface area contributed by atoms with E-state index in [0.717, 1.165) is 0 Å². The Labute approximate surface area is 98.4 Å². The van der Waals surface area contributed by atoms with Gasteiger partial charge in [-0.3, -0.25) is 0 Å². The van der Waals surface area contributed by atoms with Gasteiger partial charge in [-0.2, -0.15) is 13.2 Å². The Bertz CT molecular complexity index is 363. The number of anilines is 1. The highest BCUT2D eigenvalue weighted by molar-refractivity contribution is 5.40. The van der Waals surface area contributed by atoms with Gasteiger partial charge in [-0.05, 0) is 26.0 Å². The predicted molar refractivity (Wildman–Crippen MR) is 60.7 cm³/mol. The molecular weight excluding hydrogens is 231 g/mol. The lowest BCUT2D eigenvalue weighted by Gasteiger charge is -2.29. The largest absolute Gasteiger partial charge is 0.405 e. The third-order valence-electron chi connectivity index (χ3n) is 2.27. The monoisotopic (exact) mass is 247 g/mol. The highest BCUT2D eigenvalue weighted by Gasteiger charge is 2.32. The van der Waals surface area contributed by atoms with Crippen molar-refractivity contribution >= 4 is 5.82 Å². The Morgan fingerprint density at radius 1 is 1.35 bits per heavy atom. The van der Waals surface area contributed by atoms with Gasteiger partial charge in [0, 0.05) is 12.6 Å². The summed E-state index contributed by atoms with van der Waals surface area (Å²) < 4.78 is 37.3.